The lowest BCUT2D eigenvalue weighted by atomic mass is 9.95. The third-order valence-electron chi connectivity index (χ3n) is 6.13. The van der Waals surface area contributed by atoms with Gasteiger partial charge in [-0.3, -0.25) is 4.79 Å². The van der Waals surface area contributed by atoms with E-state index in [1.54, 1.807) is 17.0 Å². The number of amides is 1. The molecule has 0 aliphatic carbocycles. The summed E-state index contributed by atoms with van der Waals surface area (Å²) in [7, 11) is 0. The fourth-order valence-electron chi connectivity index (χ4n) is 4.62. The van der Waals surface area contributed by atoms with Gasteiger partial charge in [0.05, 0.1) is 11.7 Å². The van der Waals surface area contributed by atoms with Gasteiger partial charge >= 0.3 is 0 Å². The van der Waals surface area contributed by atoms with Crippen LogP contribution in [0.4, 0.5) is 10.1 Å². The standard InChI is InChI=1S/C24H29FN2O2/c1-17-6-4-12-26(15-17)16-23(28)19-10-11-22-18(14-19)7-5-13-27(22)24(29)20-8-2-3-9-21(20)25/h2-3,8-11,14,17,23,28H,4-7,12-13,15-16H2,1H3/t17-,23+/m0/s1. The van der Waals surface area contributed by atoms with Crippen LogP contribution in [0.15, 0.2) is 42.5 Å². The normalized spacial score (nSPS) is 20.9. The third kappa shape index (κ3) is 4.36. The van der Waals surface area contributed by atoms with Crippen molar-refractivity contribution >= 4 is 11.6 Å². The highest BCUT2D eigenvalue weighted by Crippen LogP contribution is 2.32. The molecule has 29 heavy (non-hydrogen) atoms. The van der Waals surface area contributed by atoms with Crippen molar-refractivity contribution < 1.29 is 14.3 Å². The van der Waals surface area contributed by atoms with Gasteiger partial charge in [0.15, 0.2) is 0 Å². The van der Waals surface area contributed by atoms with Gasteiger partial charge in [-0.2, -0.15) is 0 Å². The number of benzene rings is 2. The maximum Gasteiger partial charge on any atom is 0.261 e. The molecule has 0 saturated carbocycles. The van der Waals surface area contributed by atoms with Crippen molar-refractivity contribution in [1.82, 2.24) is 4.90 Å². The molecule has 1 amide bonds. The second-order valence-electron chi connectivity index (χ2n) is 8.45. The van der Waals surface area contributed by atoms with Crippen molar-refractivity contribution in [3.63, 3.8) is 0 Å². The van der Waals surface area contributed by atoms with Gasteiger partial charge in [0.2, 0.25) is 0 Å². The number of halogens is 1. The molecule has 2 heterocycles. The first-order valence-corrected chi connectivity index (χ1v) is 10.6. The molecule has 2 atom stereocenters. The van der Waals surface area contributed by atoms with Crippen LogP contribution in [0.1, 0.15) is 53.8 Å². The van der Waals surface area contributed by atoms with Crippen LogP contribution in [0.5, 0.6) is 0 Å². The highest BCUT2D eigenvalue weighted by atomic mass is 19.1. The van der Waals surface area contributed by atoms with Crippen LogP contribution >= 0.6 is 0 Å². The number of carbonyl (C=O) groups excluding carboxylic acids is 1. The van der Waals surface area contributed by atoms with Crippen molar-refractivity contribution in [1.29, 1.82) is 0 Å². The lowest BCUT2D eigenvalue weighted by Gasteiger charge is -2.33. The molecule has 2 aromatic carbocycles. The number of likely N-dealkylation sites (tertiary alicyclic amines) is 1. The zero-order valence-corrected chi connectivity index (χ0v) is 17.0. The predicted molar refractivity (Wildman–Crippen MR) is 113 cm³/mol. The van der Waals surface area contributed by atoms with Crippen LogP contribution in [0.3, 0.4) is 0 Å². The number of hydrogen-bond acceptors (Lipinski definition) is 3. The van der Waals surface area contributed by atoms with Gasteiger partial charge in [0.25, 0.3) is 5.91 Å². The number of anilines is 1. The zero-order valence-electron chi connectivity index (χ0n) is 17.0. The van der Waals surface area contributed by atoms with Gasteiger partial charge in [-0.15, -0.1) is 0 Å². The van der Waals surface area contributed by atoms with E-state index in [4.69, 9.17) is 0 Å². The van der Waals surface area contributed by atoms with E-state index in [1.807, 2.05) is 18.2 Å². The van der Waals surface area contributed by atoms with Crippen molar-refractivity contribution in [3.8, 4) is 0 Å². The van der Waals surface area contributed by atoms with E-state index in [9.17, 15) is 14.3 Å². The summed E-state index contributed by atoms with van der Waals surface area (Å²) in [6.45, 7) is 5.55. The van der Waals surface area contributed by atoms with Crippen molar-refractivity contribution in [3.05, 3.63) is 65.0 Å². The Bertz CT molecular complexity index is 885. The van der Waals surface area contributed by atoms with E-state index in [1.165, 1.54) is 25.0 Å². The Balaban J connectivity index is 1.52. The number of fused-ring (bicyclic) bond motifs is 1. The third-order valence-corrected chi connectivity index (χ3v) is 6.13. The second-order valence-corrected chi connectivity index (χ2v) is 8.45. The minimum absolute atomic E-state index is 0.101. The molecular weight excluding hydrogens is 367 g/mol. The highest BCUT2D eigenvalue weighted by Gasteiger charge is 2.26. The molecule has 0 radical (unpaired) electrons. The molecular formula is C24H29FN2O2. The van der Waals surface area contributed by atoms with Gasteiger partial charge in [-0.25, -0.2) is 4.39 Å². The van der Waals surface area contributed by atoms with E-state index in [2.05, 4.69) is 11.8 Å². The molecule has 154 valence electrons. The summed E-state index contributed by atoms with van der Waals surface area (Å²) in [5.74, 6) is -0.121. The topological polar surface area (TPSA) is 43.8 Å². The number of rotatable bonds is 4. The number of piperidine rings is 1. The maximum absolute atomic E-state index is 14.1. The van der Waals surface area contributed by atoms with E-state index in [0.717, 1.165) is 42.7 Å². The lowest BCUT2D eigenvalue weighted by molar-refractivity contribution is 0.0875. The van der Waals surface area contributed by atoms with E-state index >= 15 is 0 Å². The molecule has 4 nitrogen and oxygen atoms in total. The van der Waals surface area contributed by atoms with Crippen LogP contribution in [0.25, 0.3) is 0 Å². The van der Waals surface area contributed by atoms with Crippen LogP contribution in [0, 0.1) is 11.7 Å². The summed E-state index contributed by atoms with van der Waals surface area (Å²) >= 11 is 0. The molecule has 2 aromatic rings. The minimum Gasteiger partial charge on any atom is -0.387 e. The lowest BCUT2D eigenvalue weighted by Crippen LogP contribution is -2.37. The minimum atomic E-state index is -0.539. The highest BCUT2D eigenvalue weighted by molar-refractivity contribution is 6.06. The van der Waals surface area contributed by atoms with Crippen LogP contribution in [-0.2, 0) is 6.42 Å². The number of hydrogen-bond donors (Lipinski definition) is 1. The Morgan fingerprint density at radius 3 is 2.83 bits per heavy atom. The summed E-state index contributed by atoms with van der Waals surface area (Å²) in [5.41, 5.74) is 2.86. The first kappa shape index (κ1) is 20.0. The number of aliphatic hydroxyl groups is 1. The van der Waals surface area contributed by atoms with Crippen molar-refractivity contribution in [2.45, 2.75) is 38.7 Å². The summed E-state index contributed by atoms with van der Waals surface area (Å²) < 4.78 is 14.1. The Kier molecular flexibility index (Phi) is 5.97. The Morgan fingerprint density at radius 2 is 2.03 bits per heavy atom. The van der Waals surface area contributed by atoms with E-state index < -0.39 is 11.9 Å². The molecule has 5 heteroatoms. The predicted octanol–water partition coefficient (Wildman–Crippen LogP) is 4.18. The summed E-state index contributed by atoms with van der Waals surface area (Å²) in [6, 6.07) is 12.0. The van der Waals surface area contributed by atoms with Gasteiger partial charge in [0.1, 0.15) is 5.82 Å². The summed E-state index contributed by atoms with van der Waals surface area (Å²) in [4.78, 5) is 16.9. The maximum atomic E-state index is 14.1. The van der Waals surface area contributed by atoms with E-state index in [-0.39, 0.29) is 11.5 Å². The number of nitrogens with zero attached hydrogens (tertiary/aromatic N) is 2. The first-order valence-electron chi connectivity index (χ1n) is 10.6. The van der Waals surface area contributed by atoms with E-state index in [0.29, 0.717) is 19.0 Å². The monoisotopic (exact) mass is 396 g/mol. The van der Waals surface area contributed by atoms with Crippen LogP contribution < -0.4 is 4.90 Å². The quantitative estimate of drug-likeness (QED) is 0.843. The molecule has 1 saturated heterocycles. The van der Waals surface area contributed by atoms with Gasteiger partial charge < -0.3 is 14.9 Å². The average molecular weight is 397 g/mol. The van der Waals surface area contributed by atoms with Gasteiger partial charge in [-0.05, 0) is 67.5 Å². The number of aryl methyl sites for hydroxylation is 1. The smallest absolute Gasteiger partial charge is 0.261 e. The summed E-state index contributed by atoms with van der Waals surface area (Å²) in [5, 5.41) is 10.8. The molecule has 0 aromatic heterocycles. The number of carbonyl (C=O) groups is 1. The molecule has 2 aliphatic rings. The average Bonchev–Trinajstić information content (AvgIpc) is 2.73. The SMILES string of the molecule is C[C@H]1CCCN(C[C@@H](O)c2ccc3c(c2)CCCN3C(=O)c2ccccc2F)C1. The second kappa shape index (κ2) is 8.64. The first-order chi connectivity index (χ1) is 14.0. The molecule has 4 rings (SSSR count). The zero-order chi connectivity index (χ0) is 20.4. The number of aliphatic hydroxyl groups excluding tert-OH is 1. The Labute approximate surface area is 171 Å². The molecule has 0 unspecified atom stereocenters. The molecule has 0 spiro atoms. The van der Waals surface area contributed by atoms with Crippen molar-refractivity contribution in [2.75, 3.05) is 31.1 Å². The van der Waals surface area contributed by atoms with Crippen LogP contribution in [0.2, 0.25) is 0 Å². The molecule has 0 bridgehead atoms. The largest absolute Gasteiger partial charge is 0.387 e. The fourth-order valence-corrected chi connectivity index (χ4v) is 4.62. The Morgan fingerprint density at radius 1 is 1.21 bits per heavy atom. The van der Waals surface area contributed by atoms with Gasteiger partial charge in [-0.1, -0.05) is 31.2 Å². The molecule has 1 N–H and O–H groups in total. The fraction of sp³-hybridized carbons (Fsp3) is 0.458. The van der Waals surface area contributed by atoms with Crippen LogP contribution in [-0.4, -0.2) is 42.1 Å². The number of β-amino-alcohol motifs (C(OH)–C–C–N with tert-alkyl or cyclic N) is 1. The molecule has 2 aliphatic heterocycles. The van der Waals surface area contributed by atoms with Crippen molar-refractivity contribution in [2.24, 2.45) is 5.92 Å². The summed E-state index contributed by atoms with van der Waals surface area (Å²) in [6.07, 6.45) is 3.60. The van der Waals surface area contributed by atoms with Gasteiger partial charge in [0, 0.05) is 25.3 Å². The molecule has 1 fully saturated rings. The Hall–Kier alpha value is -2.24.